The second-order valence-electron chi connectivity index (χ2n) is 3.98. The molecule has 0 saturated heterocycles. The number of benzene rings is 1. The highest BCUT2D eigenvalue weighted by atomic mass is 16.5. The number of anilines is 1. The predicted molar refractivity (Wildman–Crippen MR) is 69.0 cm³/mol. The standard InChI is InChI=1S/C13H17N3O/c1-4-17-10-5-6-11(9(2)7-10)13-12(14)8-15-16(13)3/h5-8H,4,14H2,1-3H3. The zero-order valence-electron chi connectivity index (χ0n) is 10.4. The quantitative estimate of drug-likeness (QED) is 0.882. The Kier molecular flexibility index (Phi) is 3.04. The van der Waals surface area contributed by atoms with Gasteiger partial charge in [-0.05, 0) is 37.6 Å². The van der Waals surface area contributed by atoms with E-state index in [1.165, 1.54) is 0 Å². The monoisotopic (exact) mass is 231 g/mol. The van der Waals surface area contributed by atoms with E-state index < -0.39 is 0 Å². The van der Waals surface area contributed by atoms with Crippen LogP contribution >= 0.6 is 0 Å². The summed E-state index contributed by atoms with van der Waals surface area (Å²) in [5.74, 6) is 0.884. The normalized spacial score (nSPS) is 10.5. The van der Waals surface area contributed by atoms with Crippen molar-refractivity contribution in [2.24, 2.45) is 7.05 Å². The lowest BCUT2D eigenvalue weighted by molar-refractivity contribution is 0.340. The summed E-state index contributed by atoms with van der Waals surface area (Å²) in [7, 11) is 1.89. The van der Waals surface area contributed by atoms with Gasteiger partial charge in [-0.2, -0.15) is 5.10 Å². The van der Waals surface area contributed by atoms with Crippen molar-refractivity contribution in [1.29, 1.82) is 0 Å². The minimum absolute atomic E-state index is 0.673. The summed E-state index contributed by atoms with van der Waals surface area (Å²) in [6.07, 6.45) is 1.67. The van der Waals surface area contributed by atoms with Gasteiger partial charge in [0, 0.05) is 12.6 Å². The molecule has 0 aliphatic rings. The van der Waals surface area contributed by atoms with Crippen molar-refractivity contribution < 1.29 is 4.74 Å². The lowest BCUT2D eigenvalue weighted by Gasteiger charge is -2.10. The Morgan fingerprint density at radius 3 is 2.71 bits per heavy atom. The van der Waals surface area contributed by atoms with Gasteiger partial charge in [0.05, 0.1) is 24.2 Å². The number of nitrogen functional groups attached to an aromatic ring is 1. The molecular weight excluding hydrogens is 214 g/mol. The van der Waals surface area contributed by atoms with E-state index in [2.05, 4.69) is 5.10 Å². The molecule has 2 rings (SSSR count). The van der Waals surface area contributed by atoms with E-state index in [9.17, 15) is 0 Å². The first-order chi connectivity index (χ1) is 8.13. The predicted octanol–water partition coefficient (Wildman–Crippen LogP) is 2.38. The number of rotatable bonds is 3. The maximum atomic E-state index is 5.92. The zero-order chi connectivity index (χ0) is 12.4. The molecule has 1 aromatic heterocycles. The van der Waals surface area contributed by atoms with Gasteiger partial charge in [-0.25, -0.2) is 0 Å². The Labute approximate surface area is 101 Å². The van der Waals surface area contributed by atoms with Crippen LogP contribution in [-0.4, -0.2) is 16.4 Å². The Balaban J connectivity index is 2.47. The maximum absolute atomic E-state index is 5.92. The van der Waals surface area contributed by atoms with E-state index in [-0.39, 0.29) is 0 Å². The molecule has 0 bridgehead atoms. The molecule has 0 unspecified atom stereocenters. The molecule has 0 fully saturated rings. The van der Waals surface area contributed by atoms with Gasteiger partial charge in [-0.1, -0.05) is 0 Å². The van der Waals surface area contributed by atoms with E-state index >= 15 is 0 Å². The molecule has 0 aliphatic heterocycles. The molecule has 4 heteroatoms. The highest BCUT2D eigenvalue weighted by Crippen LogP contribution is 2.30. The second-order valence-corrected chi connectivity index (χ2v) is 3.98. The molecule has 2 N–H and O–H groups in total. The summed E-state index contributed by atoms with van der Waals surface area (Å²) in [5, 5.41) is 4.15. The minimum Gasteiger partial charge on any atom is -0.494 e. The number of nitrogens with zero attached hydrogens (tertiary/aromatic N) is 2. The van der Waals surface area contributed by atoms with Gasteiger partial charge < -0.3 is 10.5 Å². The van der Waals surface area contributed by atoms with Gasteiger partial charge in [0.2, 0.25) is 0 Å². The smallest absolute Gasteiger partial charge is 0.119 e. The van der Waals surface area contributed by atoms with Crippen molar-refractivity contribution in [3.8, 4) is 17.0 Å². The van der Waals surface area contributed by atoms with Crippen LogP contribution in [0, 0.1) is 6.92 Å². The number of nitrogens with two attached hydrogens (primary N) is 1. The highest BCUT2D eigenvalue weighted by molar-refractivity contribution is 5.75. The average molecular weight is 231 g/mol. The minimum atomic E-state index is 0.673. The number of hydrogen-bond donors (Lipinski definition) is 1. The molecule has 17 heavy (non-hydrogen) atoms. The average Bonchev–Trinajstić information content (AvgIpc) is 2.60. The number of hydrogen-bond acceptors (Lipinski definition) is 3. The summed E-state index contributed by atoms with van der Waals surface area (Å²) >= 11 is 0. The SMILES string of the molecule is CCOc1ccc(-c2c(N)cnn2C)c(C)c1. The van der Waals surface area contributed by atoms with Crippen LogP contribution in [0.5, 0.6) is 5.75 Å². The topological polar surface area (TPSA) is 53.1 Å². The largest absolute Gasteiger partial charge is 0.494 e. The van der Waals surface area contributed by atoms with E-state index in [0.29, 0.717) is 12.3 Å². The Morgan fingerprint density at radius 2 is 2.18 bits per heavy atom. The van der Waals surface area contributed by atoms with Gasteiger partial charge in [-0.15, -0.1) is 0 Å². The molecule has 90 valence electrons. The van der Waals surface area contributed by atoms with Gasteiger partial charge in [-0.3, -0.25) is 4.68 Å². The molecule has 0 radical (unpaired) electrons. The van der Waals surface area contributed by atoms with Crippen LogP contribution in [0.1, 0.15) is 12.5 Å². The molecule has 4 nitrogen and oxygen atoms in total. The molecule has 0 aliphatic carbocycles. The summed E-state index contributed by atoms with van der Waals surface area (Å²) in [6, 6.07) is 6.00. The third-order valence-corrected chi connectivity index (χ3v) is 2.73. The maximum Gasteiger partial charge on any atom is 0.119 e. The van der Waals surface area contributed by atoms with E-state index in [1.54, 1.807) is 10.9 Å². The zero-order valence-corrected chi connectivity index (χ0v) is 10.4. The first kappa shape index (κ1) is 11.5. The fourth-order valence-corrected chi connectivity index (χ4v) is 1.94. The Hall–Kier alpha value is -1.97. The third-order valence-electron chi connectivity index (χ3n) is 2.73. The van der Waals surface area contributed by atoms with Crippen molar-refractivity contribution in [2.45, 2.75) is 13.8 Å². The number of ether oxygens (including phenoxy) is 1. The molecular formula is C13H17N3O. The first-order valence-electron chi connectivity index (χ1n) is 5.64. The van der Waals surface area contributed by atoms with E-state index in [0.717, 1.165) is 22.6 Å². The number of aryl methyl sites for hydroxylation is 2. The molecule has 0 atom stereocenters. The van der Waals surface area contributed by atoms with Crippen molar-refractivity contribution in [2.75, 3.05) is 12.3 Å². The van der Waals surface area contributed by atoms with Crippen LogP contribution in [0.4, 0.5) is 5.69 Å². The molecule has 0 saturated carbocycles. The first-order valence-corrected chi connectivity index (χ1v) is 5.64. The molecule has 0 spiro atoms. The van der Waals surface area contributed by atoms with Gasteiger partial charge in [0.1, 0.15) is 5.75 Å². The Bertz CT molecular complexity index is 512. The van der Waals surface area contributed by atoms with Crippen molar-refractivity contribution in [1.82, 2.24) is 9.78 Å². The van der Waals surface area contributed by atoms with Crippen molar-refractivity contribution >= 4 is 5.69 Å². The van der Waals surface area contributed by atoms with Crippen LogP contribution in [0.2, 0.25) is 0 Å². The molecule has 1 heterocycles. The third kappa shape index (κ3) is 2.11. The van der Waals surface area contributed by atoms with Crippen LogP contribution in [0.15, 0.2) is 24.4 Å². The van der Waals surface area contributed by atoms with Gasteiger partial charge in [0.15, 0.2) is 0 Å². The fourth-order valence-electron chi connectivity index (χ4n) is 1.94. The summed E-state index contributed by atoms with van der Waals surface area (Å²) in [4.78, 5) is 0. The van der Waals surface area contributed by atoms with Crippen LogP contribution in [-0.2, 0) is 7.05 Å². The van der Waals surface area contributed by atoms with Crippen LogP contribution in [0.3, 0.4) is 0 Å². The molecule has 2 aromatic rings. The van der Waals surface area contributed by atoms with E-state index in [1.807, 2.05) is 39.1 Å². The van der Waals surface area contributed by atoms with Gasteiger partial charge >= 0.3 is 0 Å². The lowest BCUT2D eigenvalue weighted by Crippen LogP contribution is -1.98. The summed E-state index contributed by atoms with van der Waals surface area (Å²) < 4.78 is 7.26. The highest BCUT2D eigenvalue weighted by Gasteiger charge is 2.11. The summed E-state index contributed by atoms with van der Waals surface area (Å²) in [5.41, 5.74) is 9.79. The number of aromatic nitrogens is 2. The van der Waals surface area contributed by atoms with Crippen LogP contribution < -0.4 is 10.5 Å². The van der Waals surface area contributed by atoms with E-state index in [4.69, 9.17) is 10.5 Å². The van der Waals surface area contributed by atoms with Crippen LogP contribution in [0.25, 0.3) is 11.3 Å². The summed E-state index contributed by atoms with van der Waals surface area (Å²) in [6.45, 7) is 4.69. The fraction of sp³-hybridized carbons (Fsp3) is 0.308. The van der Waals surface area contributed by atoms with Crippen molar-refractivity contribution in [3.05, 3.63) is 30.0 Å². The van der Waals surface area contributed by atoms with Crippen molar-refractivity contribution in [3.63, 3.8) is 0 Å². The lowest BCUT2D eigenvalue weighted by atomic mass is 10.0. The van der Waals surface area contributed by atoms with Gasteiger partial charge in [0.25, 0.3) is 0 Å². The second kappa shape index (κ2) is 4.49. The molecule has 1 aromatic carbocycles. The molecule has 0 amide bonds. The Morgan fingerprint density at radius 1 is 1.41 bits per heavy atom.